The van der Waals surface area contributed by atoms with Crippen LogP contribution in [-0.4, -0.2) is 14.8 Å². The minimum absolute atomic E-state index is 0.487. The molecular weight excluding hydrogens is 205 g/mol. The van der Waals surface area contributed by atoms with Gasteiger partial charge in [0.2, 0.25) is 5.95 Å². The number of rotatable bonds is 1. The van der Waals surface area contributed by atoms with E-state index in [9.17, 15) is 4.39 Å². The summed E-state index contributed by atoms with van der Waals surface area (Å²) in [7, 11) is 0. The van der Waals surface area contributed by atoms with Crippen LogP contribution in [0.25, 0.3) is 16.7 Å². The molecule has 3 rings (SSSR count). The van der Waals surface area contributed by atoms with Gasteiger partial charge in [-0.15, -0.1) is 0 Å². The van der Waals surface area contributed by atoms with Gasteiger partial charge < -0.3 is 0 Å². The molecule has 0 aliphatic heterocycles. The molecule has 0 fully saturated rings. The van der Waals surface area contributed by atoms with Gasteiger partial charge in [0.05, 0.1) is 11.7 Å². The number of fused-ring (bicyclic) bond motifs is 1. The van der Waals surface area contributed by atoms with E-state index in [-0.39, 0.29) is 0 Å². The molecule has 2 heterocycles. The van der Waals surface area contributed by atoms with Gasteiger partial charge in [0.15, 0.2) is 5.82 Å². The maximum atomic E-state index is 13.0. The third kappa shape index (κ3) is 1.35. The average Bonchev–Trinajstić information content (AvgIpc) is 2.72. The largest absolute Gasteiger partial charge is 0.215 e. The summed E-state index contributed by atoms with van der Waals surface area (Å²) >= 11 is 0. The smallest absolute Gasteiger partial charge is 0.214 e. The Labute approximate surface area is 91.2 Å². The SMILES string of the molecule is Fc1cccc(-n2ncc3ccccc32)n1. The van der Waals surface area contributed by atoms with Crippen molar-refractivity contribution in [2.45, 2.75) is 0 Å². The summed E-state index contributed by atoms with van der Waals surface area (Å²) in [6.45, 7) is 0. The summed E-state index contributed by atoms with van der Waals surface area (Å²) < 4.78 is 14.6. The van der Waals surface area contributed by atoms with Gasteiger partial charge in [0, 0.05) is 5.39 Å². The molecule has 0 unspecified atom stereocenters. The molecule has 1 aromatic carbocycles. The minimum atomic E-state index is -0.503. The number of halogens is 1. The third-order valence-electron chi connectivity index (χ3n) is 2.39. The molecule has 0 spiro atoms. The van der Waals surface area contributed by atoms with E-state index in [4.69, 9.17) is 0 Å². The fourth-order valence-electron chi connectivity index (χ4n) is 1.67. The van der Waals surface area contributed by atoms with Crippen LogP contribution in [0.3, 0.4) is 0 Å². The second-order valence-electron chi connectivity index (χ2n) is 3.43. The summed E-state index contributed by atoms with van der Waals surface area (Å²) in [5, 5.41) is 5.20. The number of hydrogen-bond acceptors (Lipinski definition) is 2. The molecule has 16 heavy (non-hydrogen) atoms. The monoisotopic (exact) mass is 213 g/mol. The molecule has 78 valence electrons. The van der Waals surface area contributed by atoms with E-state index in [1.165, 1.54) is 6.07 Å². The molecule has 3 aromatic rings. The summed E-state index contributed by atoms with van der Waals surface area (Å²) in [5.74, 6) is -0.0155. The third-order valence-corrected chi connectivity index (χ3v) is 2.39. The van der Waals surface area contributed by atoms with Crippen molar-refractivity contribution in [3.05, 3.63) is 54.6 Å². The van der Waals surface area contributed by atoms with Crippen LogP contribution in [0, 0.1) is 5.95 Å². The summed E-state index contributed by atoms with van der Waals surface area (Å²) in [4.78, 5) is 3.80. The molecule has 0 aliphatic rings. The van der Waals surface area contributed by atoms with Crippen LogP contribution in [0.5, 0.6) is 0 Å². The average molecular weight is 213 g/mol. The van der Waals surface area contributed by atoms with Gasteiger partial charge in [-0.3, -0.25) is 0 Å². The van der Waals surface area contributed by atoms with Gasteiger partial charge in [-0.2, -0.15) is 9.49 Å². The van der Waals surface area contributed by atoms with E-state index >= 15 is 0 Å². The van der Waals surface area contributed by atoms with E-state index < -0.39 is 5.95 Å². The van der Waals surface area contributed by atoms with Crippen molar-refractivity contribution in [2.24, 2.45) is 0 Å². The van der Waals surface area contributed by atoms with Crippen molar-refractivity contribution in [2.75, 3.05) is 0 Å². The lowest BCUT2D eigenvalue weighted by Gasteiger charge is -2.01. The van der Waals surface area contributed by atoms with Crippen molar-refractivity contribution < 1.29 is 4.39 Å². The van der Waals surface area contributed by atoms with Gasteiger partial charge in [-0.05, 0) is 18.2 Å². The highest BCUT2D eigenvalue weighted by Gasteiger charge is 2.05. The molecule has 2 aromatic heterocycles. The predicted molar refractivity (Wildman–Crippen MR) is 58.8 cm³/mol. The normalized spacial score (nSPS) is 10.8. The Morgan fingerprint density at radius 3 is 2.75 bits per heavy atom. The molecule has 0 bridgehead atoms. The lowest BCUT2D eigenvalue weighted by atomic mass is 10.2. The zero-order valence-corrected chi connectivity index (χ0v) is 8.34. The Balaban J connectivity index is 2.26. The Morgan fingerprint density at radius 2 is 1.88 bits per heavy atom. The first-order valence-corrected chi connectivity index (χ1v) is 4.90. The van der Waals surface area contributed by atoms with Crippen molar-refractivity contribution >= 4 is 10.9 Å². The fraction of sp³-hybridized carbons (Fsp3) is 0. The molecule has 0 saturated carbocycles. The molecule has 3 nitrogen and oxygen atoms in total. The molecule has 0 N–H and O–H groups in total. The van der Waals surface area contributed by atoms with Crippen LogP contribution in [0.4, 0.5) is 4.39 Å². The van der Waals surface area contributed by atoms with Gasteiger partial charge >= 0.3 is 0 Å². The van der Waals surface area contributed by atoms with Crippen molar-refractivity contribution in [1.82, 2.24) is 14.8 Å². The van der Waals surface area contributed by atoms with Crippen molar-refractivity contribution in [1.29, 1.82) is 0 Å². The van der Waals surface area contributed by atoms with Crippen molar-refractivity contribution in [3.63, 3.8) is 0 Å². The van der Waals surface area contributed by atoms with Crippen LogP contribution >= 0.6 is 0 Å². The zero-order valence-electron chi connectivity index (χ0n) is 8.34. The molecule has 0 saturated heterocycles. The Hall–Kier alpha value is -2.23. The quantitative estimate of drug-likeness (QED) is 0.581. The maximum absolute atomic E-state index is 13.0. The number of nitrogens with zero attached hydrogens (tertiary/aromatic N) is 3. The number of para-hydroxylation sites is 1. The van der Waals surface area contributed by atoms with Gasteiger partial charge in [0.1, 0.15) is 0 Å². The number of aromatic nitrogens is 3. The Bertz CT molecular complexity index is 645. The molecule has 0 atom stereocenters. The van der Waals surface area contributed by atoms with E-state index in [0.29, 0.717) is 5.82 Å². The summed E-state index contributed by atoms with van der Waals surface area (Å²) in [6, 6.07) is 12.4. The Kier molecular flexibility index (Phi) is 1.93. The highest BCUT2D eigenvalue weighted by molar-refractivity contribution is 5.79. The molecule has 0 radical (unpaired) electrons. The maximum Gasteiger partial charge on any atom is 0.214 e. The minimum Gasteiger partial charge on any atom is -0.215 e. The second-order valence-corrected chi connectivity index (χ2v) is 3.43. The number of pyridine rings is 1. The van der Waals surface area contributed by atoms with Gasteiger partial charge in [0.25, 0.3) is 0 Å². The zero-order chi connectivity index (χ0) is 11.0. The molecule has 0 amide bonds. The van der Waals surface area contributed by atoms with Gasteiger partial charge in [-0.25, -0.2) is 9.67 Å². The first-order chi connectivity index (χ1) is 7.84. The first-order valence-electron chi connectivity index (χ1n) is 4.90. The molecule has 4 heteroatoms. The number of benzene rings is 1. The standard InChI is InChI=1S/C12H8FN3/c13-11-6-3-7-12(15-11)16-10-5-2-1-4-9(10)8-14-16/h1-8H. The number of hydrogen-bond donors (Lipinski definition) is 0. The highest BCUT2D eigenvalue weighted by atomic mass is 19.1. The van der Waals surface area contributed by atoms with E-state index in [1.807, 2.05) is 24.3 Å². The highest BCUT2D eigenvalue weighted by Crippen LogP contribution is 2.16. The van der Waals surface area contributed by atoms with E-state index in [1.54, 1.807) is 23.0 Å². The second kappa shape index (κ2) is 3.41. The predicted octanol–water partition coefficient (Wildman–Crippen LogP) is 2.56. The first kappa shape index (κ1) is 9.03. The van der Waals surface area contributed by atoms with Gasteiger partial charge in [-0.1, -0.05) is 24.3 Å². The van der Waals surface area contributed by atoms with E-state index in [2.05, 4.69) is 10.1 Å². The van der Waals surface area contributed by atoms with Crippen LogP contribution in [0.2, 0.25) is 0 Å². The lowest BCUT2D eigenvalue weighted by molar-refractivity contribution is 0.578. The van der Waals surface area contributed by atoms with Crippen LogP contribution in [0.15, 0.2) is 48.7 Å². The molecular formula is C12H8FN3. The van der Waals surface area contributed by atoms with E-state index in [0.717, 1.165) is 10.9 Å². The van der Waals surface area contributed by atoms with Crippen LogP contribution < -0.4 is 0 Å². The Morgan fingerprint density at radius 1 is 1.00 bits per heavy atom. The topological polar surface area (TPSA) is 30.7 Å². The van der Waals surface area contributed by atoms with Crippen molar-refractivity contribution in [3.8, 4) is 5.82 Å². The van der Waals surface area contributed by atoms with Crippen LogP contribution in [-0.2, 0) is 0 Å². The molecule has 0 aliphatic carbocycles. The fourth-order valence-corrected chi connectivity index (χ4v) is 1.67. The lowest BCUT2D eigenvalue weighted by Crippen LogP contribution is -1.99. The summed E-state index contributed by atoms with van der Waals surface area (Å²) in [6.07, 6.45) is 1.74. The summed E-state index contributed by atoms with van der Waals surface area (Å²) in [5.41, 5.74) is 0.917. The van der Waals surface area contributed by atoms with Crippen LogP contribution in [0.1, 0.15) is 0 Å².